The molecule has 0 spiro atoms. The van der Waals surface area contributed by atoms with E-state index in [0.717, 1.165) is 61.1 Å². The SMILES string of the molecule is COC1CCC(c2ccc(COc3ccc(Cl)cc3CCN(CCCCC(=O)O)Cc3ccc(C(=O)O)cc3)cc2)CC1. The number of ether oxygens (including phenoxy) is 2. The third kappa shape index (κ3) is 10.4. The molecule has 0 saturated heterocycles. The van der Waals surface area contributed by atoms with Crippen LogP contribution >= 0.6 is 11.6 Å². The minimum atomic E-state index is -0.952. The van der Waals surface area contributed by atoms with Crippen LogP contribution in [0, 0.1) is 0 Å². The maximum absolute atomic E-state index is 11.2. The maximum atomic E-state index is 11.2. The molecule has 2 N–H and O–H groups in total. The second kappa shape index (κ2) is 16.5. The zero-order valence-corrected chi connectivity index (χ0v) is 25.6. The number of hydrogen-bond acceptors (Lipinski definition) is 5. The number of benzene rings is 3. The Morgan fingerprint density at radius 1 is 0.884 bits per heavy atom. The molecule has 1 saturated carbocycles. The van der Waals surface area contributed by atoms with Gasteiger partial charge in [-0.2, -0.15) is 0 Å². The van der Waals surface area contributed by atoms with E-state index in [1.807, 2.05) is 30.3 Å². The molecule has 4 rings (SSSR count). The van der Waals surface area contributed by atoms with E-state index in [2.05, 4.69) is 29.2 Å². The van der Waals surface area contributed by atoms with Crippen molar-refractivity contribution in [3.63, 3.8) is 0 Å². The first-order chi connectivity index (χ1) is 20.8. The number of nitrogens with zero attached hydrogens (tertiary/aromatic N) is 1. The van der Waals surface area contributed by atoms with Gasteiger partial charge in [0.15, 0.2) is 0 Å². The molecule has 0 aromatic heterocycles. The fourth-order valence-electron chi connectivity index (χ4n) is 5.73. The molecule has 0 bridgehead atoms. The average molecular weight is 608 g/mol. The molecule has 230 valence electrons. The minimum Gasteiger partial charge on any atom is -0.489 e. The zero-order valence-electron chi connectivity index (χ0n) is 24.8. The van der Waals surface area contributed by atoms with Gasteiger partial charge in [-0.15, -0.1) is 0 Å². The summed E-state index contributed by atoms with van der Waals surface area (Å²) >= 11 is 6.38. The van der Waals surface area contributed by atoms with Gasteiger partial charge in [0.25, 0.3) is 0 Å². The van der Waals surface area contributed by atoms with Crippen LogP contribution in [0.15, 0.2) is 66.7 Å². The lowest BCUT2D eigenvalue weighted by Gasteiger charge is -2.28. The molecule has 7 nitrogen and oxygen atoms in total. The van der Waals surface area contributed by atoms with Crippen molar-refractivity contribution in [1.82, 2.24) is 4.90 Å². The van der Waals surface area contributed by atoms with Crippen molar-refractivity contribution in [2.45, 2.75) is 76.5 Å². The number of halogens is 1. The Kier molecular flexibility index (Phi) is 12.4. The van der Waals surface area contributed by atoms with Crippen LogP contribution in [0.5, 0.6) is 5.75 Å². The molecule has 1 fully saturated rings. The largest absolute Gasteiger partial charge is 0.489 e. The van der Waals surface area contributed by atoms with Crippen molar-refractivity contribution in [1.29, 1.82) is 0 Å². The number of aromatic carboxylic acids is 1. The van der Waals surface area contributed by atoms with Gasteiger partial charge in [0, 0.05) is 31.6 Å². The Hall–Kier alpha value is -3.39. The van der Waals surface area contributed by atoms with Gasteiger partial charge < -0.3 is 19.7 Å². The lowest BCUT2D eigenvalue weighted by Crippen LogP contribution is -2.27. The van der Waals surface area contributed by atoms with Crippen LogP contribution < -0.4 is 4.74 Å². The molecule has 8 heteroatoms. The quantitative estimate of drug-likeness (QED) is 0.162. The Balaban J connectivity index is 1.37. The van der Waals surface area contributed by atoms with Gasteiger partial charge in [-0.25, -0.2) is 4.79 Å². The van der Waals surface area contributed by atoms with Crippen molar-refractivity contribution in [3.05, 3.63) is 99.6 Å². The highest BCUT2D eigenvalue weighted by Crippen LogP contribution is 2.34. The van der Waals surface area contributed by atoms with E-state index in [4.69, 9.17) is 26.2 Å². The number of carbonyl (C=O) groups is 2. The molecule has 43 heavy (non-hydrogen) atoms. The molecule has 0 atom stereocenters. The second-order valence-corrected chi connectivity index (χ2v) is 11.8. The molecule has 3 aromatic rings. The van der Waals surface area contributed by atoms with Crippen LogP contribution in [0.4, 0.5) is 0 Å². The molecule has 0 aliphatic heterocycles. The summed E-state index contributed by atoms with van der Waals surface area (Å²) < 4.78 is 11.8. The summed E-state index contributed by atoms with van der Waals surface area (Å²) in [7, 11) is 1.80. The molecule has 0 radical (unpaired) electrons. The highest BCUT2D eigenvalue weighted by Gasteiger charge is 2.22. The van der Waals surface area contributed by atoms with Crippen LogP contribution in [0.2, 0.25) is 5.02 Å². The van der Waals surface area contributed by atoms with Crippen molar-refractivity contribution in [2.24, 2.45) is 0 Å². The van der Waals surface area contributed by atoms with Crippen molar-refractivity contribution < 1.29 is 29.3 Å². The molecule has 0 amide bonds. The highest BCUT2D eigenvalue weighted by atomic mass is 35.5. The minimum absolute atomic E-state index is 0.142. The van der Waals surface area contributed by atoms with Gasteiger partial charge in [-0.05, 0) is 110 Å². The fourth-order valence-corrected chi connectivity index (χ4v) is 5.93. The van der Waals surface area contributed by atoms with E-state index in [1.165, 1.54) is 5.56 Å². The summed E-state index contributed by atoms with van der Waals surface area (Å²) in [6.45, 7) is 2.53. The van der Waals surface area contributed by atoms with Crippen LogP contribution in [0.3, 0.4) is 0 Å². The summed E-state index contributed by atoms with van der Waals surface area (Å²) in [4.78, 5) is 24.5. The van der Waals surface area contributed by atoms with Crippen LogP contribution in [0.25, 0.3) is 0 Å². The van der Waals surface area contributed by atoms with Crippen molar-refractivity contribution in [3.8, 4) is 5.75 Å². The number of aliphatic carboxylic acids is 1. The van der Waals surface area contributed by atoms with Gasteiger partial charge in [-0.3, -0.25) is 9.69 Å². The molecule has 1 aliphatic carbocycles. The molecular formula is C35H42ClNO6. The van der Waals surface area contributed by atoms with Crippen molar-refractivity contribution >= 4 is 23.5 Å². The van der Waals surface area contributed by atoms with Gasteiger partial charge in [0.2, 0.25) is 0 Å². The number of hydrogen-bond donors (Lipinski definition) is 2. The monoisotopic (exact) mass is 607 g/mol. The van der Waals surface area contributed by atoms with E-state index >= 15 is 0 Å². The van der Waals surface area contributed by atoms with Crippen LogP contribution in [-0.4, -0.2) is 53.4 Å². The summed E-state index contributed by atoms with van der Waals surface area (Å²) in [5.74, 6) is -0.360. The van der Waals surface area contributed by atoms with Gasteiger partial charge in [-0.1, -0.05) is 48.0 Å². The first kappa shape index (κ1) is 32.5. The Morgan fingerprint density at radius 3 is 2.23 bits per heavy atom. The second-order valence-electron chi connectivity index (χ2n) is 11.4. The van der Waals surface area contributed by atoms with Crippen LogP contribution in [-0.2, 0) is 29.1 Å². The summed E-state index contributed by atoms with van der Waals surface area (Å²) in [5.41, 5.74) is 4.75. The van der Waals surface area contributed by atoms with Gasteiger partial charge >= 0.3 is 11.9 Å². The third-order valence-electron chi connectivity index (χ3n) is 8.29. The van der Waals surface area contributed by atoms with Crippen LogP contribution in [0.1, 0.15) is 83.5 Å². The zero-order chi connectivity index (χ0) is 30.6. The fraction of sp³-hybridized carbons (Fsp3) is 0.429. The van der Waals surface area contributed by atoms with Crippen molar-refractivity contribution in [2.75, 3.05) is 20.2 Å². The third-order valence-corrected chi connectivity index (χ3v) is 8.53. The van der Waals surface area contributed by atoms with E-state index in [1.54, 1.807) is 19.2 Å². The Morgan fingerprint density at radius 2 is 1.58 bits per heavy atom. The predicted molar refractivity (Wildman–Crippen MR) is 168 cm³/mol. The average Bonchev–Trinajstić information content (AvgIpc) is 3.01. The predicted octanol–water partition coefficient (Wildman–Crippen LogP) is 7.59. The maximum Gasteiger partial charge on any atom is 0.335 e. The molecule has 1 aliphatic rings. The Labute approximate surface area is 259 Å². The van der Waals surface area contributed by atoms with Gasteiger partial charge in [0.1, 0.15) is 12.4 Å². The molecule has 3 aromatic carbocycles. The highest BCUT2D eigenvalue weighted by molar-refractivity contribution is 6.30. The number of carboxylic acid groups (broad SMARTS) is 2. The van der Waals surface area contributed by atoms with E-state index in [0.29, 0.717) is 49.6 Å². The first-order valence-electron chi connectivity index (χ1n) is 15.1. The normalized spacial score (nSPS) is 16.7. The standard InChI is InChI=1S/C35H42ClNO6/c1-42-32-16-13-28(14-17-32)27-9-7-26(8-10-27)24-43-33-18-15-31(36)22-30(33)19-21-37(20-3-2-4-34(38)39)23-25-5-11-29(12-6-25)35(40)41/h5-12,15,18,22,28,32H,2-4,13-14,16-17,19-21,23-24H2,1H3,(H,38,39)(H,40,41). The smallest absolute Gasteiger partial charge is 0.335 e. The molecule has 0 unspecified atom stereocenters. The number of unbranched alkanes of at least 4 members (excludes halogenated alkanes) is 1. The summed E-state index contributed by atoms with van der Waals surface area (Å²) in [6.07, 6.45) is 7.13. The number of carboxylic acids is 2. The van der Waals surface area contributed by atoms with E-state index < -0.39 is 11.9 Å². The molecular weight excluding hydrogens is 566 g/mol. The lowest BCUT2D eigenvalue weighted by molar-refractivity contribution is -0.137. The van der Waals surface area contributed by atoms with Gasteiger partial charge in [0.05, 0.1) is 11.7 Å². The molecule has 0 heterocycles. The van der Waals surface area contributed by atoms with E-state index in [-0.39, 0.29) is 12.0 Å². The topological polar surface area (TPSA) is 96.3 Å². The lowest BCUT2D eigenvalue weighted by atomic mass is 9.82. The number of methoxy groups -OCH3 is 1. The summed E-state index contributed by atoms with van der Waals surface area (Å²) in [6, 6.07) is 21.4. The number of rotatable bonds is 16. The summed E-state index contributed by atoms with van der Waals surface area (Å²) in [5, 5.41) is 18.9. The van der Waals surface area contributed by atoms with E-state index in [9.17, 15) is 14.7 Å². The Bertz CT molecular complexity index is 1320. The first-order valence-corrected chi connectivity index (χ1v) is 15.5.